The predicted molar refractivity (Wildman–Crippen MR) is 71.0 cm³/mol. The van der Waals surface area contributed by atoms with Gasteiger partial charge in [0.2, 0.25) is 0 Å². The molecular weight excluding hydrogens is 230 g/mol. The van der Waals surface area contributed by atoms with Gasteiger partial charge in [-0.3, -0.25) is 9.55 Å². The van der Waals surface area contributed by atoms with E-state index >= 15 is 0 Å². The normalized spacial score (nSPS) is 10.9. The number of pyridine rings is 1. The van der Waals surface area contributed by atoms with E-state index in [2.05, 4.69) is 22.1 Å². The Morgan fingerprint density at radius 1 is 1.29 bits per heavy atom. The number of aromatic amines is 1. The standard InChI is InChI=1S/C13H11N3S/c1-9-8-16(13(17)15-9)12-4-2-3-10-7-14-6-5-11(10)12/h2-8H,1H3,(H,15,17). The van der Waals surface area contributed by atoms with Crippen molar-refractivity contribution < 1.29 is 0 Å². The molecule has 0 amide bonds. The van der Waals surface area contributed by atoms with Crippen LogP contribution < -0.4 is 0 Å². The SMILES string of the molecule is Cc1cn(-c2cccc3cnccc23)c(=S)[nH]1. The largest absolute Gasteiger partial charge is 0.335 e. The first-order valence-electron chi connectivity index (χ1n) is 5.37. The van der Waals surface area contributed by atoms with Gasteiger partial charge in [-0.25, -0.2) is 0 Å². The summed E-state index contributed by atoms with van der Waals surface area (Å²) in [6.07, 6.45) is 5.68. The van der Waals surface area contributed by atoms with E-state index in [1.54, 1.807) is 6.20 Å². The van der Waals surface area contributed by atoms with Gasteiger partial charge in [0.25, 0.3) is 0 Å². The highest BCUT2D eigenvalue weighted by molar-refractivity contribution is 7.71. The van der Waals surface area contributed by atoms with Crippen molar-refractivity contribution in [2.75, 3.05) is 0 Å². The fourth-order valence-corrected chi connectivity index (χ4v) is 2.32. The van der Waals surface area contributed by atoms with Crippen LogP contribution in [0.5, 0.6) is 0 Å². The molecule has 0 spiro atoms. The minimum atomic E-state index is 0.715. The van der Waals surface area contributed by atoms with Crippen LogP contribution in [-0.4, -0.2) is 14.5 Å². The summed E-state index contributed by atoms with van der Waals surface area (Å²) in [7, 11) is 0. The zero-order valence-electron chi connectivity index (χ0n) is 9.34. The number of rotatable bonds is 1. The molecule has 1 aromatic carbocycles. The number of aromatic nitrogens is 3. The average Bonchev–Trinajstić information content (AvgIpc) is 2.68. The molecule has 2 aromatic heterocycles. The molecule has 0 aliphatic carbocycles. The quantitative estimate of drug-likeness (QED) is 0.662. The van der Waals surface area contributed by atoms with E-state index in [0.717, 1.165) is 22.2 Å². The highest BCUT2D eigenvalue weighted by Gasteiger charge is 2.04. The molecule has 1 N–H and O–H groups in total. The third kappa shape index (κ3) is 1.66. The summed E-state index contributed by atoms with van der Waals surface area (Å²) in [6.45, 7) is 2.00. The lowest BCUT2D eigenvalue weighted by atomic mass is 10.1. The van der Waals surface area contributed by atoms with E-state index in [1.165, 1.54) is 0 Å². The van der Waals surface area contributed by atoms with Crippen LogP contribution in [0, 0.1) is 11.7 Å². The molecule has 3 rings (SSSR count). The second-order valence-electron chi connectivity index (χ2n) is 3.99. The molecule has 0 unspecified atom stereocenters. The molecule has 0 radical (unpaired) electrons. The van der Waals surface area contributed by atoms with Gasteiger partial charge in [-0.2, -0.15) is 0 Å². The number of imidazole rings is 1. The van der Waals surface area contributed by atoms with E-state index < -0.39 is 0 Å². The second-order valence-corrected chi connectivity index (χ2v) is 4.37. The molecule has 4 heteroatoms. The van der Waals surface area contributed by atoms with Gasteiger partial charge in [-0.15, -0.1) is 0 Å². The maximum atomic E-state index is 5.31. The van der Waals surface area contributed by atoms with Crippen LogP contribution in [0.2, 0.25) is 0 Å². The van der Waals surface area contributed by atoms with Crippen LogP contribution >= 0.6 is 12.2 Å². The van der Waals surface area contributed by atoms with Crippen LogP contribution in [0.25, 0.3) is 16.5 Å². The molecule has 3 nitrogen and oxygen atoms in total. The van der Waals surface area contributed by atoms with Crippen molar-refractivity contribution in [3.63, 3.8) is 0 Å². The molecule has 0 saturated carbocycles. The van der Waals surface area contributed by atoms with Crippen LogP contribution in [0.3, 0.4) is 0 Å². The van der Waals surface area contributed by atoms with Crippen molar-refractivity contribution in [1.29, 1.82) is 0 Å². The van der Waals surface area contributed by atoms with Crippen molar-refractivity contribution in [3.8, 4) is 5.69 Å². The maximum Gasteiger partial charge on any atom is 0.182 e. The molecule has 84 valence electrons. The Hall–Kier alpha value is -1.94. The van der Waals surface area contributed by atoms with Gasteiger partial charge < -0.3 is 4.98 Å². The highest BCUT2D eigenvalue weighted by atomic mass is 32.1. The maximum absolute atomic E-state index is 5.31. The lowest BCUT2D eigenvalue weighted by Gasteiger charge is -2.06. The minimum Gasteiger partial charge on any atom is -0.335 e. The number of nitrogens with zero attached hydrogens (tertiary/aromatic N) is 2. The van der Waals surface area contributed by atoms with Crippen molar-refractivity contribution in [2.45, 2.75) is 6.92 Å². The van der Waals surface area contributed by atoms with Gasteiger partial charge in [0.05, 0.1) is 5.69 Å². The summed E-state index contributed by atoms with van der Waals surface area (Å²) < 4.78 is 2.71. The van der Waals surface area contributed by atoms with Gasteiger partial charge in [0.1, 0.15) is 0 Å². The third-order valence-electron chi connectivity index (χ3n) is 2.76. The van der Waals surface area contributed by atoms with Crippen molar-refractivity contribution in [3.05, 3.63) is 53.3 Å². The van der Waals surface area contributed by atoms with Crippen LogP contribution in [0.1, 0.15) is 5.69 Å². The first kappa shape index (κ1) is 10.2. The molecule has 2 heterocycles. The summed E-state index contributed by atoms with van der Waals surface area (Å²) in [6, 6.07) is 8.14. The zero-order chi connectivity index (χ0) is 11.8. The summed E-state index contributed by atoms with van der Waals surface area (Å²) in [4.78, 5) is 7.27. The summed E-state index contributed by atoms with van der Waals surface area (Å²) >= 11 is 5.31. The number of aryl methyl sites for hydroxylation is 1. The summed E-state index contributed by atoms with van der Waals surface area (Å²) in [5, 5.41) is 2.27. The number of benzene rings is 1. The van der Waals surface area contributed by atoms with Crippen LogP contribution in [-0.2, 0) is 0 Å². The van der Waals surface area contributed by atoms with E-state index in [0.29, 0.717) is 4.77 Å². The van der Waals surface area contributed by atoms with Crippen LogP contribution in [0.15, 0.2) is 42.9 Å². The fraction of sp³-hybridized carbons (Fsp3) is 0.0769. The summed E-state index contributed by atoms with van der Waals surface area (Å²) in [5.41, 5.74) is 2.14. The van der Waals surface area contributed by atoms with Gasteiger partial charge in [-0.1, -0.05) is 12.1 Å². The van der Waals surface area contributed by atoms with E-state index in [4.69, 9.17) is 12.2 Å². The predicted octanol–water partition coefficient (Wildman–Crippen LogP) is 3.39. The van der Waals surface area contributed by atoms with E-state index in [9.17, 15) is 0 Å². The Kier molecular flexibility index (Phi) is 2.30. The number of fused-ring (bicyclic) bond motifs is 1. The Balaban J connectivity index is 2.38. The molecule has 3 aromatic rings. The van der Waals surface area contributed by atoms with Crippen molar-refractivity contribution in [2.24, 2.45) is 0 Å². The first-order valence-corrected chi connectivity index (χ1v) is 5.78. The van der Waals surface area contributed by atoms with Gasteiger partial charge in [0.15, 0.2) is 4.77 Å². The molecule has 0 bridgehead atoms. The zero-order valence-corrected chi connectivity index (χ0v) is 10.2. The Morgan fingerprint density at radius 3 is 2.94 bits per heavy atom. The number of hydrogen-bond acceptors (Lipinski definition) is 2. The van der Waals surface area contributed by atoms with E-state index in [-0.39, 0.29) is 0 Å². The Morgan fingerprint density at radius 2 is 2.18 bits per heavy atom. The number of nitrogens with one attached hydrogen (secondary N) is 1. The first-order chi connectivity index (χ1) is 8.25. The lowest BCUT2D eigenvalue weighted by molar-refractivity contribution is 1.04. The van der Waals surface area contributed by atoms with Crippen LogP contribution in [0.4, 0.5) is 0 Å². The minimum absolute atomic E-state index is 0.715. The molecule has 0 aliphatic rings. The third-order valence-corrected chi connectivity index (χ3v) is 3.06. The van der Waals surface area contributed by atoms with Crippen molar-refractivity contribution in [1.82, 2.24) is 14.5 Å². The molecular formula is C13H11N3S. The van der Waals surface area contributed by atoms with Crippen molar-refractivity contribution >= 4 is 23.0 Å². The van der Waals surface area contributed by atoms with Gasteiger partial charge in [0, 0.05) is 35.1 Å². The van der Waals surface area contributed by atoms with Gasteiger partial charge in [-0.05, 0) is 31.3 Å². The van der Waals surface area contributed by atoms with Gasteiger partial charge >= 0.3 is 0 Å². The lowest BCUT2D eigenvalue weighted by Crippen LogP contribution is -1.93. The van der Waals surface area contributed by atoms with E-state index in [1.807, 2.05) is 36.0 Å². The molecule has 17 heavy (non-hydrogen) atoms. The molecule has 0 aliphatic heterocycles. The Labute approximate surface area is 104 Å². The molecule has 0 atom stereocenters. The topological polar surface area (TPSA) is 33.6 Å². The summed E-state index contributed by atoms with van der Waals surface area (Å²) in [5.74, 6) is 0. The number of H-pyrrole nitrogens is 1. The second kappa shape index (κ2) is 3.82. The fourth-order valence-electron chi connectivity index (χ4n) is 2.01. The Bertz CT molecular complexity index is 734. The average molecular weight is 241 g/mol. The monoisotopic (exact) mass is 241 g/mol. The highest BCUT2D eigenvalue weighted by Crippen LogP contribution is 2.21. The molecule has 0 fully saturated rings. The number of hydrogen-bond donors (Lipinski definition) is 1. The molecule has 0 saturated heterocycles. The smallest absolute Gasteiger partial charge is 0.182 e.